The number of hydrogen-bond donors (Lipinski definition) is 1. The van der Waals surface area contributed by atoms with Crippen LogP contribution in [-0.4, -0.2) is 11.9 Å². The third kappa shape index (κ3) is 2.16. The first-order valence-corrected chi connectivity index (χ1v) is 7.20. The minimum absolute atomic E-state index is 0.0299. The van der Waals surface area contributed by atoms with Gasteiger partial charge in [0.2, 0.25) is 0 Å². The summed E-state index contributed by atoms with van der Waals surface area (Å²) in [5.41, 5.74) is 7.80. The number of aliphatic imine (C=N–C) groups is 1. The van der Waals surface area contributed by atoms with Crippen LogP contribution in [0, 0.1) is 0 Å². The molecule has 18 heavy (non-hydrogen) atoms. The van der Waals surface area contributed by atoms with Gasteiger partial charge in [-0.3, -0.25) is 4.99 Å². The predicted octanol–water partition coefficient (Wildman–Crippen LogP) is 3.41. The fourth-order valence-electron chi connectivity index (χ4n) is 3.13. The predicted molar refractivity (Wildman–Crippen MR) is 75.8 cm³/mol. The van der Waals surface area contributed by atoms with E-state index < -0.39 is 0 Å². The third-order valence-electron chi connectivity index (χ3n) is 4.39. The lowest BCUT2D eigenvalue weighted by Gasteiger charge is -2.37. The highest BCUT2D eigenvalue weighted by Gasteiger charge is 2.38. The van der Waals surface area contributed by atoms with Crippen molar-refractivity contribution in [3.63, 3.8) is 0 Å². The quantitative estimate of drug-likeness (QED) is 0.640. The number of hydrogen-bond acceptors (Lipinski definition) is 1. The molecule has 2 aliphatic rings. The summed E-state index contributed by atoms with van der Waals surface area (Å²) in [6.45, 7) is 0. The first kappa shape index (κ1) is 11.8. The largest absolute Gasteiger partial charge is 0.387 e. The minimum Gasteiger partial charge on any atom is -0.387 e. The van der Waals surface area contributed by atoms with Gasteiger partial charge in [-0.05, 0) is 31.2 Å². The van der Waals surface area contributed by atoms with E-state index in [-0.39, 0.29) is 5.41 Å². The number of amidine groups is 1. The maximum absolute atomic E-state index is 6.41. The Morgan fingerprint density at radius 2 is 1.72 bits per heavy atom. The molecule has 1 aromatic rings. The lowest BCUT2D eigenvalue weighted by Crippen LogP contribution is -2.43. The van der Waals surface area contributed by atoms with Crippen molar-refractivity contribution in [2.45, 2.75) is 56.4 Å². The van der Waals surface area contributed by atoms with Crippen LogP contribution in [-0.2, 0) is 5.41 Å². The summed E-state index contributed by atoms with van der Waals surface area (Å²) in [5.74, 6) is 0.899. The van der Waals surface area contributed by atoms with Gasteiger partial charge in [-0.1, -0.05) is 49.6 Å². The van der Waals surface area contributed by atoms with Crippen LogP contribution in [0.15, 0.2) is 35.3 Å². The number of benzene rings is 1. The van der Waals surface area contributed by atoms with Gasteiger partial charge in [-0.25, -0.2) is 0 Å². The Morgan fingerprint density at radius 3 is 2.33 bits per heavy atom. The van der Waals surface area contributed by atoms with Crippen molar-refractivity contribution in [2.75, 3.05) is 0 Å². The normalized spacial score (nSPS) is 23.9. The third-order valence-corrected chi connectivity index (χ3v) is 4.39. The van der Waals surface area contributed by atoms with Gasteiger partial charge in [-0.15, -0.1) is 0 Å². The van der Waals surface area contributed by atoms with Crippen LogP contribution in [0.5, 0.6) is 0 Å². The van der Waals surface area contributed by atoms with Crippen LogP contribution < -0.4 is 5.73 Å². The molecule has 2 aliphatic carbocycles. The second-order valence-electron chi connectivity index (χ2n) is 5.75. The highest BCUT2D eigenvalue weighted by molar-refractivity contribution is 5.92. The van der Waals surface area contributed by atoms with Crippen molar-refractivity contribution in [2.24, 2.45) is 10.7 Å². The summed E-state index contributed by atoms with van der Waals surface area (Å²) in [4.78, 5) is 4.76. The number of nitrogens with zero attached hydrogens (tertiary/aromatic N) is 1. The lowest BCUT2D eigenvalue weighted by molar-refractivity contribution is 0.377. The zero-order chi connectivity index (χ0) is 12.4. The molecule has 1 aromatic carbocycles. The van der Waals surface area contributed by atoms with Crippen molar-refractivity contribution in [3.8, 4) is 0 Å². The van der Waals surface area contributed by atoms with E-state index in [2.05, 4.69) is 30.3 Å². The van der Waals surface area contributed by atoms with Gasteiger partial charge in [0, 0.05) is 0 Å². The second kappa shape index (κ2) is 4.75. The second-order valence-corrected chi connectivity index (χ2v) is 5.75. The summed E-state index contributed by atoms with van der Waals surface area (Å²) >= 11 is 0. The molecule has 2 N–H and O–H groups in total. The van der Waals surface area contributed by atoms with Gasteiger partial charge in [-0.2, -0.15) is 0 Å². The molecule has 96 valence electrons. The molecule has 0 atom stereocenters. The first-order valence-electron chi connectivity index (χ1n) is 7.20. The van der Waals surface area contributed by atoms with Crippen LogP contribution in [0.25, 0.3) is 0 Å². The van der Waals surface area contributed by atoms with E-state index >= 15 is 0 Å². The van der Waals surface area contributed by atoms with Crippen LogP contribution in [0.4, 0.5) is 0 Å². The van der Waals surface area contributed by atoms with Crippen molar-refractivity contribution in [1.82, 2.24) is 0 Å². The molecule has 0 radical (unpaired) electrons. The van der Waals surface area contributed by atoms with Gasteiger partial charge in [0.1, 0.15) is 5.84 Å². The van der Waals surface area contributed by atoms with Crippen LogP contribution >= 0.6 is 0 Å². The van der Waals surface area contributed by atoms with E-state index in [9.17, 15) is 0 Å². The molecule has 2 heteroatoms. The van der Waals surface area contributed by atoms with E-state index in [0.29, 0.717) is 6.04 Å². The number of nitrogens with two attached hydrogens (primary N) is 1. The smallest absolute Gasteiger partial charge is 0.105 e. The molecule has 2 nitrogen and oxygen atoms in total. The molecule has 2 saturated carbocycles. The molecule has 0 aliphatic heterocycles. The molecule has 3 rings (SSSR count). The van der Waals surface area contributed by atoms with E-state index in [1.807, 2.05) is 0 Å². The summed E-state index contributed by atoms with van der Waals surface area (Å²) in [7, 11) is 0. The molecular weight excluding hydrogens is 220 g/mol. The lowest BCUT2D eigenvalue weighted by atomic mass is 9.68. The van der Waals surface area contributed by atoms with Gasteiger partial charge in [0.25, 0.3) is 0 Å². The summed E-state index contributed by atoms with van der Waals surface area (Å²) in [6, 6.07) is 11.3. The van der Waals surface area contributed by atoms with Crippen LogP contribution in [0.1, 0.15) is 50.5 Å². The molecule has 0 heterocycles. The summed E-state index contributed by atoms with van der Waals surface area (Å²) < 4.78 is 0. The first-order chi connectivity index (χ1) is 8.81. The highest BCUT2D eigenvalue weighted by Crippen LogP contribution is 2.40. The Balaban J connectivity index is 1.97. The van der Waals surface area contributed by atoms with Gasteiger partial charge in [0.05, 0.1) is 11.5 Å². The van der Waals surface area contributed by atoms with Gasteiger partial charge >= 0.3 is 0 Å². The molecule has 0 aromatic heterocycles. The van der Waals surface area contributed by atoms with Crippen molar-refractivity contribution in [3.05, 3.63) is 35.9 Å². The van der Waals surface area contributed by atoms with E-state index in [4.69, 9.17) is 10.7 Å². The Kier molecular flexibility index (Phi) is 3.11. The standard InChI is InChI=1S/C16H22N2/c17-15(18-14-9-10-14)16(11-5-2-6-12-16)13-7-3-1-4-8-13/h1,3-4,7-8,14H,2,5-6,9-12H2,(H2,17,18). The monoisotopic (exact) mass is 242 g/mol. The molecule has 0 spiro atoms. The Hall–Kier alpha value is -1.31. The zero-order valence-electron chi connectivity index (χ0n) is 10.9. The summed E-state index contributed by atoms with van der Waals surface area (Å²) in [6.07, 6.45) is 8.67. The Labute approximate surface area is 109 Å². The van der Waals surface area contributed by atoms with E-state index in [1.54, 1.807) is 0 Å². The molecular formula is C16H22N2. The molecule has 0 saturated heterocycles. The van der Waals surface area contributed by atoms with E-state index in [0.717, 1.165) is 5.84 Å². The van der Waals surface area contributed by atoms with E-state index in [1.165, 1.54) is 50.5 Å². The topological polar surface area (TPSA) is 38.4 Å². The Morgan fingerprint density at radius 1 is 1.06 bits per heavy atom. The molecule has 0 amide bonds. The van der Waals surface area contributed by atoms with Crippen molar-refractivity contribution < 1.29 is 0 Å². The maximum atomic E-state index is 6.41. The molecule has 2 fully saturated rings. The zero-order valence-corrected chi connectivity index (χ0v) is 10.9. The maximum Gasteiger partial charge on any atom is 0.105 e. The van der Waals surface area contributed by atoms with Crippen molar-refractivity contribution in [1.29, 1.82) is 0 Å². The average Bonchev–Trinajstić information content (AvgIpc) is 3.24. The van der Waals surface area contributed by atoms with Gasteiger partial charge < -0.3 is 5.73 Å². The SMILES string of the molecule is NC(=NC1CC1)C1(c2ccccc2)CCCCC1. The number of rotatable bonds is 3. The van der Waals surface area contributed by atoms with Gasteiger partial charge in [0.15, 0.2) is 0 Å². The average molecular weight is 242 g/mol. The Bertz CT molecular complexity index is 426. The molecule has 0 bridgehead atoms. The minimum atomic E-state index is 0.0299. The fourth-order valence-corrected chi connectivity index (χ4v) is 3.13. The van der Waals surface area contributed by atoms with Crippen LogP contribution in [0.3, 0.4) is 0 Å². The molecule has 0 unspecified atom stereocenters. The fraction of sp³-hybridized carbons (Fsp3) is 0.562. The highest BCUT2D eigenvalue weighted by atomic mass is 14.9. The van der Waals surface area contributed by atoms with Crippen LogP contribution in [0.2, 0.25) is 0 Å². The summed E-state index contributed by atoms with van der Waals surface area (Å²) in [5, 5.41) is 0. The van der Waals surface area contributed by atoms with Crippen molar-refractivity contribution >= 4 is 5.84 Å².